The minimum Gasteiger partial charge on any atom is -0.300 e. The van der Waals surface area contributed by atoms with Gasteiger partial charge in [0.2, 0.25) is 0 Å². The second-order valence-electron chi connectivity index (χ2n) is 6.25. The molecule has 2 aliphatic carbocycles. The molecule has 84 valence electrons. The zero-order valence-electron chi connectivity index (χ0n) is 10.0. The van der Waals surface area contributed by atoms with Gasteiger partial charge in [0.05, 0.1) is 0 Å². The van der Waals surface area contributed by atoms with Crippen molar-refractivity contribution in [2.75, 3.05) is 0 Å². The van der Waals surface area contributed by atoms with E-state index in [-0.39, 0.29) is 11.3 Å². The molecule has 15 heavy (non-hydrogen) atoms. The van der Waals surface area contributed by atoms with Gasteiger partial charge in [-0.15, -0.1) is 0 Å². The quantitative estimate of drug-likeness (QED) is 0.698. The van der Waals surface area contributed by atoms with Crippen LogP contribution in [-0.4, -0.2) is 11.6 Å². The Morgan fingerprint density at radius 2 is 1.53 bits per heavy atom. The van der Waals surface area contributed by atoms with E-state index in [0.29, 0.717) is 29.3 Å². The second kappa shape index (κ2) is 3.16. The number of Topliss-reactive ketones (excluding diaryl/α,β-unsaturated/α-hetero) is 2. The highest BCUT2D eigenvalue weighted by atomic mass is 16.1. The Bertz CT molecular complexity index is 299. The number of carbonyl (C=O) groups excluding carboxylic acids is 2. The fourth-order valence-electron chi connectivity index (χ4n) is 3.27. The highest BCUT2D eigenvalue weighted by Crippen LogP contribution is 2.60. The number of hydrogen-bond donors (Lipinski definition) is 0. The van der Waals surface area contributed by atoms with E-state index in [2.05, 4.69) is 0 Å². The summed E-state index contributed by atoms with van der Waals surface area (Å²) in [6.07, 6.45) is 1.93. The monoisotopic (exact) mass is 208 g/mol. The van der Waals surface area contributed by atoms with Crippen molar-refractivity contribution in [2.45, 2.75) is 40.5 Å². The van der Waals surface area contributed by atoms with Crippen LogP contribution in [0.1, 0.15) is 40.5 Å². The molecule has 0 heterocycles. The molecule has 0 spiro atoms. The molecule has 0 aliphatic heterocycles. The average molecular weight is 208 g/mol. The largest absolute Gasteiger partial charge is 0.300 e. The molecule has 2 nitrogen and oxygen atoms in total. The van der Waals surface area contributed by atoms with Crippen LogP contribution in [0.4, 0.5) is 0 Å². The number of fused-ring (bicyclic) bond motifs is 1. The van der Waals surface area contributed by atoms with E-state index < -0.39 is 0 Å². The summed E-state index contributed by atoms with van der Waals surface area (Å²) in [5, 5.41) is 0. The van der Waals surface area contributed by atoms with E-state index in [0.717, 1.165) is 12.8 Å². The maximum atomic E-state index is 12.0. The van der Waals surface area contributed by atoms with E-state index >= 15 is 0 Å². The maximum absolute atomic E-state index is 12.0. The summed E-state index contributed by atoms with van der Waals surface area (Å²) in [4.78, 5) is 23.2. The topological polar surface area (TPSA) is 34.1 Å². The lowest BCUT2D eigenvalue weighted by Gasteiger charge is -2.22. The number of ketones is 2. The summed E-state index contributed by atoms with van der Waals surface area (Å²) in [6, 6.07) is 0. The van der Waals surface area contributed by atoms with Crippen molar-refractivity contribution in [1.82, 2.24) is 0 Å². The molecule has 0 aromatic rings. The van der Waals surface area contributed by atoms with Gasteiger partial charge in [-0.2, -0.15) is 0 Å². The summed E-state index contributed by atoms with van der Waals surface area (Å²) in [5.74, 6) is 2.32. The van der Waals surface area contributed by atoms with Gasteiger partial charge in [-0.25, -0.2) is 0 Å². The third-order valence-electron chi connectivity index (χ3n) is 4.02. The summed E-state index contributed by atoms with van der Waals surface area (Å²) in [6.45, 7) is 7.65. The molecule has 2 heteroatoms. The highest BCUT2D eigenvalue weighted by Gasteiger charge is 2.59. The zero-order valence-corrected chi connectivity index (χ0v) is 10.0. The van der Waals surface area contributed by atoms with Gasteiger partial charge >= 0.3 is 0 Å². The smallest absolute Gasteiger partial charge is 0.141 e. The average Bonchev–Trinajstić information content (AvgIpc) is 2.60. The molecule has 2 fully saturated rings. The van der Waals surface area contributed by atoms with Crippen LogP contribution in [0.2, 0.25) is 0 Å². The Balaban J connectivity index is 1.94. The minimum absolute atomic E-state index is 0.215. The molecular formula is C13H20O2. The van der Waals surface area contributed by atoms with E-state index in [1.54, 1.807) is 6.92 Å². The first-order chi connectivity index (χ1) is 6.82. The third-order valence-corrected chi connectivity index (χ3v) is 4.02. The molecule has 0 N–H and O–H groups in total. The van der Waals surface area contributed by atoms with Crippen molar-refractivity contribution in [3.8, 4) is 0 Å². The molecule has 2 saturated carbocycles. The fraction of sp³-hybridized carbons (Fsp3) is 0.846. The van der Waals surface area contributed by atoms with Gasteiger partial charge in [0.1, 0.15) is 11.6 Å². The van der Waals surface area contributed by atoms with Crippen LogP contribution >= 0.6 is 0 Å². The van der Waals surface area contributed by atoms with Gasteiger partial charge in [0.15, 0.2) is 0 Å². The maximum Gasteiger partial charge on any atom is 0.141 e. The van der Waals surface area contributed by atoms with Crippen LogP contribution in [0.3, 0.4) is 0 Å². The van der Waals surface area contributed by atoms with Crippen LogP contribution in [-0.2, 0) is 9.59 Å². The lowest BCUT2D eigenvalue weighted by molar-refractivity contribution is -0.131. The Morgan fingerprint density at radius 3 is 1.87 bits per heavy atom. The standard InChI is InChI=1S/C13H20O2/c1-7(14)11-9-5-8(6-10(9)11)12(15)13(2,3)4/h8-11H,5-6H2,1-4H3/t8?,9-,10+,11?. The molecule has 0 aromatic carbocycles. The molecular weight excluding hydrogens is 188 g/mol. The van der Waals surface area contributed by atoms with Crippen LogP contribution in [0.25, 0.3) is 0 Å². The van der Waals surface area contributed by atoms with E-state index in [9.17, 15) is 9.59 Å². The molecule has 4 atom stereocenters. The molecule has 2 unspecified atom stereocenters. The first-order valence-electron chi connectivity index (χ1n) is 5.87. The van der Waals surface area contributed by atoms with Crippen molar-refractivity contribution in [3.63, 3.8) is 0 Å². The van der Waals surface area contributed by atoms with Crippen LogP contribution in [0, 0.1) is 29.1 Å². The second-order valence-corrected chi connectivity index (χ2v) is 6.25. The van der Waals surface area contributed by atoms with E-state index in [1.165, 1.54) is 0 Å². The van der Waals surface area contributed by atoms with Crippen LogP contribution in [0.15, 0.2) is 0 Å². The highest BCUT2D eigenvalue weighted by molar-refractivity contribution is 5.88. The van der Waals surface area contributed by atoms with Gasteiger partial charge in [-0.1, -0.05) is 20.8 Å². The van der Waals surface area contributed by atoms with E-state index in [4.69, 9.17) is 0 Å². The summed E-state index contributed by atoms with van der Waals surface area (Å²) in [7, 11) is 0. The number of hydrogen-bond acceptors (Lipinski definition) is 2. The van der Waals surface area contributed by atoms with Crippen molar-refractivity contribution in [3.05, 3.63) is 0 Å². The van der Waals surface area contributed by atoms with Gasteiger partial charge in [-0.3, -0.25) is 9.59 Å². The predicted molar refractivity (Wildman–Crippen MR) is 58.3 cm³/mol. The first kappa shape index (κ1) is 10.8. The fourth-order valence-corrected chi connectivity index (χ4v) is 3.27. The van der Waals surface area contributed by atoms with Crippen molar-refractivity contribution < 1.29 is 9.59 Å². The van der Waals surface area contributed by atoms with Gasteiger partial charge in [0.25, 0.3) is 0 Å². The SMILES string of the molecule is CC(=O)C1[C@H]2CC(C(=O)C(C)(C)C)C[C@@H]12. The van der Waals surface area contributed by atoms with Crippen LogP contribution < -0.4 is 0 Å². The summed E-state index contributed by atoms with van der Waals surface area (Å²) < 4.78 is 0. The Hall–Kier alpha value is -0.660. The molecule has 0 bridgehead atoms. The molecule has 0 amide bonds. The van der Waals surface area contributed by atoms with Gasteiger partial charge in [0, 0.05) is 17.3 Å². The molecule has 2 rings (SSSR count). The minimum atomic E-state index is -0.215. The summed E-state index contributed by atoms with van der Waals surface area (Å²) in [5.41, 5.74) is -0.215. The van der Waals surface area contributed by atoms with E-state index in [1.807, 2.05) is 20.8 Å². The lowest BCUT2D eigenvalue weighted by atomic mass is 9.80. The van der Waals surface area contributed by atoms with Gasteiger partial charge in [-0.05, 0) is 31.6 Å². The van der Waals surface area contributed by atoms with Crippen molar-refractivity contribution in [1.29, 1.82) is 0 Å². The Kier molecular flexibility index (Phi) is 2.29. The predicted octanol–water partition coefficient (Wildman–Crippen LogP) is 2.46. The van der Waals surface area contributed by atoms with Crippen LogP contribution in [0.5, 0.6) is 0 Å². The number of rotatable bonds is 2. The number of carbonyl (C=O) groups is 2. The zero-order chi connectivity index (χ0) is 11.4. The van der Waals surface area contributed by atoms with Crippen molar-refractivity contribution in [2.24, 2.45) is 29.1 Å². The van der Waals surface area contributed by atoms with Gasteiger partial charge < -0.3 is 0 Å². The molecule has 2 aliphatic rings. The Morgan fingerprint density at radius 1 is 1.07 bits per heavy atom. The normalized spacial score (nSPS) is 38.7. The molecule has 0 aromatic heterocycles. The lowest BCUT2D eigenvalue weighted by Crippen LogP contribution is -2.28. The molecule has 0 radical (unpaired) electrons. The Labute approximate surface area is 91.4 Å². The summed E-state index contributed by atoms with van der Waals surface area (Å²) >= 11 is 0. The first-order valence-corrected chi connectivity index (χ1v) is 5.87. The van der Waals surface area contributed by atoms with Crippen molar-refractivity contribution >= 4 is 11.6 Å². The molecule has 0 saturated heterocycles. The third kappa shape index (κ3) is 1.75.